The van der Waals surface area contributed by atoms with E-state index in [0.29, 0.717) is 16.6 Å². The van der Waals surface area contributed by atoms with Gasteiger partial charge < -0.3 is 29.2 Å². The van der Waals surface area contributed by atoms with Crippen LogP contribution in [0.25, 0.3) is 16.3 Å². The summed E-state index contributed by atoms with van der Waals surface area (Å²) in [6.07, 6.45) is 0.228. The van der Waals surface area contributed by atoms with Crippen molar-refractivity contribution < 1.29 is 37.4 Å². The molecule has 6 atom stereocenters. The predicted molar refractivity (Wildman–Crippen MR) is 198 cm³/mol. The van der Waals surface area contributed by atoms with Crippen LogP contribution in [0.5, 0.6) is 5.75 Å². The van der Waals surface area contributed by atoms with E-state index in [1.165, 1.54) is 10.8 Å². The van der Waals surface area contributed by atoms with Crippen molar-refractivity contribution in [2.24, 2.45) is 5.92 Å². The summed E-state index contributed by atoms with van der Waals surface area (Å²) in [5.74, 6) is -0.993. The van der Waals surface area contributed by atoms with Crippen molar-refractivity contribution in [2.75, 3.05) is 18.9 Å². The molecule has 0 spiro atoms. The highest BCUT2D eigenvalue weighted by atomic mass is 31.2. The van der Waals surface area contributed by atoms with E-state index in [1.54, 1.807) is 39.0 Å². The fraction of sp³-hybridized carbons (Fsp3) is 0.526. The molecule has 0 saturated carbocycles. The molecule has 0 radical (unpaired) electrons. The van der Waals surface area contributed by atoms with Gasteiger partial charge in [-0.2, -0.15) is 15.4 Å². The number of esters is 1. The molecule has 4 aromatic rings. The lowest BCUT2D eigenvalue weighted by molar-refractivity contribution is -0.204. The van der Waals surface area contributed by atoms with E-state index in [1.807, 2.05) is 44.2 Å². The lowest BCUT2D eigenvalue weighted by Crippen LogP contribution is -2.40. The third-order valence-corrected chi connectivity index (χ3v) is 11.5. The number of carbonyl (C=O) groups is 1. The van der Waals surface area contributed by atoms with Gasteiger partial charge in [0.2, 0.25) is 5.60 Å². The molecule has 3 N–H and O–H groups in total. The van der Waals surface area contributed by atoms with Crippen LogP contribution in [0, 0.1) is 17.2 Å². The van der Waals surface area contributed by atoms with Gasteiger partial charge in [-0.05, 0) is 61.3 Å². The summed E-state index contributed by atoms with van der Waals surface area (Å²) >= 11 is 0. The van der Waals surface area contributed by atoms with Gasteiger partial charge in [0.1, 0.15) is 48.0 Å². The highest BCUT2D eigenvalue weighted by Gasteiger charge is 2.65. The molecular formula is C38H49N6O8P. The first-order valence-electron chi connectivity index (χ1n) is 18.0. The number of nitrogens with one attached hydrogen (secondary N) is 1. The van der Waals surface area contributed by atoms with Gasteiger partial charge in [-0.25, -0.2) is 14.1 Å². The molecule has 2 saturated heterocycles. The molecule has 284 valence electrons. The van der Waals surface area contributed by atoms with Crippen LogP contribution in [0.2, 0.25) is 0 Å². The Morgan fingerprint density at radius 1 is 1.09 bits per heavy atom. The van der Waals surface area contributed by atoms with Gasteiger partial charge >= 0.3 is 13.7 Å². The summed E-state index contributed by atoms with van der Waals surface area (Å²) in [6.45, 7) is 15.3. The molecule has 15 heteroatoms. The minimum atomic E-state index is -4.40. The number of hydrogen-bond donors (Lipinski definition) is 2. The average Bonchev–Trinajstić information content (AvgIpc) is 3.78. The Labute approximate surface area is 309 Å². The zero-order valence-electron chi connectivity index (χ0n) is 31.5. The van der Waals surface area contributed by atoms with Crippen molar-refractivity contribution >= 4 is 35.8 Å². The minimum Gasteiger partial charge on any atom is -0.464 e. The first-order chi connectivity index (χ1) is 25.0. The van der Waals surface area contributed by atoms with Gasteiger partial charge in [-0.15, -0.1) is 0 Å². The molecule has 14 nitrogen and oxygen atoms in total. The molecule has 4 heterocycles. The molecule has 53 heavy (non-hydrogen) atoms. The van der Waals surface area contributed by atoms with E-state index < -0.39 is 49.5 Å². The lowest BCUT2D eigenvalue weighted by Gasteiger charge is -2.29. The van der Waals surface area contributed by atoms with Crippen LogP contribution in [0.4, 0.5) is 5.82 Å². The summed E-state index contributed by atoms with van der Waals surface area (Å²) < 4.78 is 53.6. The summed E-state index contributed by atoms with van der Waals surface area (Å²) in [5.41, 5.74) is 6.09. The Kier molecular flexibility index (Phi) is 10.7. The van der Waals surface area contributed by atoms with Crippen molar-refractivity contribution in [1.82, 2.24) is 19.7 Å². The SMILES string of the molecule is CCC(CC)COC(=O)[C@H](C)NP(=O)(OC[C@H]1O[C@@](C#N)(c2ccc3c(N)ncnn23)[C@@H]2OC(C)(C)O[C@@H]21)Oc1ccc(C(C)(C)C)c2ccccc12. The second-order valence-electron chi connectivity index (χ2n) is 15.1. The third kappa shape index (κ3) is 7.52. The number of nitrogen functional groups attached to an aromatic ring is 1. The Hall–Kier alpha value is -4.09. The van der Waals surface area contributed by atoms with Gasteiger partial charge in [-0.1, -0.05) is 77.8 Å². The molecule has 0 amide bonds. The van der Waals surface area contributed by atoms with E-state index in [-0.39, 0.29) is 36.1 Å². The van der Waals surface area contributed by atoms with E-state index in [0.717, 1.165) is 23.8 Å². The second-order valence-corrected chi connectivity index (χ2v) is 16.8. The van der Waals surface area contributed by atoms with Crippen LogP contribution in [0.1, 0.15) is 79.5 Å². The van der Waals surface area contributed by atoms with Gasteiger partial charge in [0.05, 0.1) is 18.9 Å². The zero-order chi connectivity index (χ0) is 38.3. The van der Waals surface area contributed by atoms with Crippen LogP contribution in [-0.2, 0) is 43.8 Å². The number of nitrogens with zero attached hydrogens (tertiary/aromatic N) is 4. The van der Waals surface area contributed by atoms with E-state index in [2.05, 4.69) is 42.0 Å². The summed E-state index contributed by atoms with van der Waals surface area (Å²) in [6, 6.07) is 16.0. The average molecular weight is 749 g/mol. The molecule has 2 fully saturated rings. The molecule has 2 aliphatic rings. The summed E-state index contributed by atoms with van der Waals surface area (Å²) in [7, 11) is -4.40. The molecule has 1 unspecified atom stereocenters. The number of benzene rings is 2. The normalized spacial score (nSPS) is 24.2. The van der Waals surface area contributed by atoms with Gasteiger partial charge in [0, 0.05) is 5.39 Å². The summed E-state index contributed by atoms with van der Waals surface area (Å²) in [4.78, 5) is 17.3. The number of aromatic nitrogens is 3. The number of ether oxygens (including phenoxy) is 4. The topological polar surface area (TPSA) is 182 Å². The largest absolute Gasteiger partial charge is 0.464 e. The Balaban J connectivity index is 1.34. The van der Waals surface area contributed by atoms with E-state index in [4.69, 9.17) is 33.7 Å². The number of anilines is 1. The number of nitriles is 1. The molecule has 2 aromatic carbocycles. The monoisotopic (exact) mass is 748 g/mol. The molecule has 6 rings (SSSR count). The molecular weight excluding hydrogens is 699 g/mol. The maximum absolute atomic E-state index is 14.9. The van der Waals surface area contributed by atoms with Crippen molar-refractivity contribution in [2.45, 2.75) is 109 Å². The quantitative estimate of drug-likeness (QED) is 0.111. The fourth-order valence-corrected chi connectivity index (χ4v) is 8.52. The highest BCUT2D eigenvalue weighted by Crippen LogP contribution is 2.52. The summed E-state index contributed by atoms with van der Waals surface area (Å²) in [5, 5.41) is 19.6. The van der Waals surface area contributed by atoms with Crippen LogP contribution in [-0.4, -0.2) is 63.9 Å². The zero-order valence-corrected chi connectivity index (χ0v) is 32.4. The van der Waals surface area contributed by atoms with E-state index >= 15 is 0 Å². The Bertz CT molecular complexity index is 2070. The minimum absolute atomic E-state index is 0.187. The second kappa shape index (κ2) is 14.6. The molecule has 0 bridgehead atoms. The standard InChI is InChI=1S/C38H49N6O8P/c1-9-24(10-2)19-47-35(45)23(3)43-53(46,52-29-17-15-27(36(4,5)6)25-13-11-12-14-26(25)29)48-20-30-32-33(51-37(7,8)50-32)38(21-39,49-30)31-18-16-28-34(40)41-22-42-44(28)31/h11-18,22-24,30,32-33H,9-10,19-20H2,1-8H3,(H,43,46)(H2,40,41,42)/t23-,30+,32+,33+,38-,53?/m0/s1. The maximum atomic E-state index is 14.9. The maximum Gasteiger partial charge on any atom is 0.459 e. The first-order valence-corrected chi connectivity index (χ1v) is 19.5. The molecule has 0 aliphatic carbocycles. The van der Waals surface area contributed by atoms with Crippen LogP contribution < -0.4 is 15.3 Å². The van der Waals surface area contributed by atoms with Crippen molar-refractivity contribution in [3.05, 3.63) is 66.1 Å². The van der Waals surface area contributed by atoms with Crippen LogP contribution in [0.3, 0.4) is 0 Å². The number of hydrogen-bond acceptors (Lipinski definition) is 12. The van der Waals surface area contributed by atoms with Crippen molar-refractivity contribution in [1.29, 1.82) is 5.26 Å². The number of rotatable bonds is 13. The van der Waals surface area contributed by atoms with E-state index in [9.17, 15) is 14.6 Å². The van der Waals surface area contributed by atoms with Crippen LogP contribution >= 0.6 is 7.75 Å². The lowest BCUT2D eigenvalue weighted by atomic mass is 9.83. The smallest absolute Gasteiger partial charge is 0.459 e. The van der Waals surface area contributed by atoms with Crippen LogP contribution in [0.15, 0.2) is 54.9 Å². The van der Waals surface area contributed by atoms with Gasteiger partial charge in [0.25, 0.3) is 0 Å². The Morgan fingerprint density at radius 2 is 1.81 bits per heavy atom. The molecule has 2 aliphatic heterocycles. The number of carbonyl (C=O) groups excluding carboxylic acids is 1. The van der Waals surface area contributed by atoms with Crippen molar-refractivity contribution in [3.8, 4) is 11.8 Å². The van der Waals surface area contributed by atoms with Gasteiger partial charge in [-0.3, -0.25) is 9.32 Å². The Morgan fingerprint density at radius 3 is 2.49 bits per heavy atom. The third-order valence-electron chi connectivity index (χ3n) is 9.90. The predicted octanol–water partition coefficient (Wildman–Crippen LogP) is 6.56. The fourth-order valence-electron chi connectivity index (χ4n) is 7.00. The number of fused-ring (bicyclic) bond motifs is 3. The number of nitrogens with two attached hydrogens (primary N) is 1. The molecule has 2 aromatic heterocycles. The highest BCUT2D eigenvalue weighted by molar-refractivity contribution is 7.52. The first kappa shape index (κ1) is 38.6. The van der Waals surface area contributed by atoms with Crippen molar-refractivity contribution in [3.63, 3.8) is 0 Å². The van der Waals surface area contributed by atoms with Gasteiger partial charge in [0.15, 0.2) is 11.6 Å².